The number of nitrogens with zero attached hydrogens (tertiary/aromatic N) is 2. The van der Waals surface area contributed by atoms with Crippen molar-refractivity contribution in [1.82, 2.24) is 5.48 Å². The molecule has 0 unspecified atom stereocenters. The molecule has 0 radical (unpaired) electrons. The molecule has 5 nitrogen and oxygen atoms in total. The Bertz CT molecular complexity index is 734. The maximum atomic E-state index is 5.33. The molecule has 0 aliphatic carbocycles. The summed E-state index contributed by atoms with van der Waals surface area (Å²) >= 11 is 0. The molecule has 0 aliphatic heterocycles. The van der Waals surface area contributed by atoms with E-state index in [-0.39, 0.29) is 0 Å². The van der Waals surface area contributed by atoms with E-state index in [0.29, 0.717) is 23.7 Å². The molecule has 5 heteroatoms. The van der Waals surface area contributed by atoms with Crippen LogP contribution in [0.2, 0.25) is 0 Å². The molecule has 170 valence electrons. The van der Waals surface area contributed by atoms with Gasteiger partial charge >= 0.3 is 0 Å². The number of hydrogen-bond donors (Lipinski definition) is 1. The van der Waals surface area contributed by atoms with Crippen molar-refractivity contribution in [1.29, 1.82) is 0 Å². The molecule has 0 saturated carbocycles. The first kappa shape index (κ1) is 26.2. The van der Waals surface area contributed by atoms with E-state index in [9.17, 15) is 0 Å². The molecule has 0 saturated heterocycles. The molecule has 0 fully saturated rings. The number of rotatable bonds is 9. The van der Waals surface area contributed by atoms with E-state index in [1.165, 1.54) is 33.4 Å². The van der Waals surface area contributed by atoms with Crippen LogP contribution in [0.1, 0.15) is 126 Å². The second-order valence-electron chi connectivity index (χ2n) is 8.98. The van der Waals surface area contributed by atoms with Crippen LogP contribution in [0.25, 0.3) is 0 Å². The summed E-state index contributed by atoms with van der Waals surface area (Å²) in [5.74, 6) is 2.05. The Hall–Kier alpha value is -1.88. The van der Waals surface area contributed by atoms with E-state index < -0.39 is 0 Å². The Morgan fingerprint density at radius 2 is 1.17 bits per heavy atom. The maximum Gasteiger partial charge on any atom is 0.152 e. The Morgan fingerprint density at radius 3 is 1.43 bits per heavy atom. The smallest absolute Gasteiger partial charge is 0.152 e. The van der Waals surface area contributed by atoms with Crippen molar-refractivity contribution in [3.63, 3.8) is 0 Å². The molecule has 0 amide bonds. The van der Waals surface area contributed by atoms with Gasteiger partial charge in [-0.25, -0.2) is 5.48 Å². The van der Waals surface area contributed by atoms with Gasteiger partial charge in [-0.1, -0.05) is 67.5 Å². The highest BCUT2D eigenvalue weighted by Gasteiger charge is 2.32. The monoisotopic (exact) mass is 417 g/mol. The third kappa shape index (κ3) is 5.23. The van der Waals surface area contributed by atoms with Gasteiger partial charge in [-0.3, -0.25) is 9.83 Å². The Balaban J connectivity index is 4.48. The first-order valence-corrected chi connectivity index (χ1v) is 11.2. The quantitative estimate of drug-likeness (QED) is 0.285. The molecule has 1 aromatic carbocycles. The lowest BCUT2D eigenvalue weighted by Gasteiger charge is -2.33. The van der Waals surface area contributed by atoms with Gasteiger partial charge in [-0.15, -0.1) is 0 Å². The van der Waals surface area contributed by atoms with Crippen LogP contribution in [-0.2, 0) is 9.68 Å². The van der Waals surface area contributed by atoms with Gasteiger partial charge < -0.3 is 4.84 Å². The minimum absolute atomic E-state index is 0.311. The average molecular weight is 418 g/mol. The number of aliphatic imine (C=N–C) groups is 1. The molecule has 0 aromatic heterocycles. The van der Waals surface area contributed by atoms with E-state index in [2.05, 4.69) is 77.9 Å². The van der Waals surface area contributed by atoms with Crippen molar-refractivity contribution < 1.29 is 9.68 Å². The highest BCUT2D eigenvalue weighted by atomic mass is 16.6. The summed E-state index contributed by atoms with van der Waals surface area (Å²) in [6.07, 6.45) is 0.812. The van der Waals surface area contributed by atoms with Crippen molar-refractivity contribution in [3.8, 4) is 0 Å². The van der Waals surface area contributed by atoms with Crippen LogP contribution in [0.15, 0.2) is 10.1 Å². The molecule has 1 aromatic rings. The van der Waals surface area contributed by atoms with Crippen LogP contribution in [0, 0.1) is 0 Å². The number of amidine groups is 1. The van der Waals surface area contributed by atoms with Crippen LogP contribution in [0.4, 0.5) is 0 Å². The second-order valence-corrected chi connectivity index (χ2v) is 8.98. The SMILES string of the molecule is CC/C(=N\OC)c1c(C(C)C)c(C(C)C)c(C(=NC)NOC)c(C(C)C)c1C(C)C. The highest BCUT2D eigenvalue weighted by Crippen LogP contribution is 2.43. The number of oxime groups is 1. The summed E-state index contributed by atoms with van der Waals surface area (Å²) < 4.78 is 0. The number of hydroxylamine groups is 1. The fraction of sp³-hybridized carbons (Fsp3) is 0.680. The summed E-state index contributed by atoms with van der Waals surface area (Å²) in [5, 5.41) is 4.48. The molecular formula is C25H43N3O2. The summed E-state index contributed by atoms with van der Waals surface area (Å²) in [6, 6.07) is 0. The van der Waals surface area contributed by atoms with Gasteiger partial charge in [0.2, 0.25) is 0 Å². The zero-order valence-electron chi connectivity index (χ0n) is 21.2. The zero-order valence-corrected chi connectivity index (χ0v) is 21.2. The van der Waals surface area contributed by atoms with Gasteiger partial charge in [0.1, 0.15) is 7.11 Å². The number of hydrogen-bond acceptors (Lipinski definition) is 4. The number of nitrogens with one attached hydrogen (secondary N) is 1. The van der Waals surface area contributed by atoms with Crippen molar-refractivity contribution in [3.05, 3.63) is 33.4 Å². The van der Waals surface area contributed by atoms with Crippen LogP contribution in [-0.4, -0.2) is 32.8 Å². The van der Waals surface area contributed by atoms with Gasteiger partial charge in [0.15, 0.2) is 5.84 Å². The van der Waals surface area contributed by atoms with Gasteiger partial charge in [0, 0.05) is 18.2 Å². The first-order chi connectivity index (χ1) is 14.1. The molecular weight excluding hydrogens is 374 g/mol. The van der Waals surface area contributed by atoms with Crippen molar-refractivity contribution in [2.75, 3.05) is 21.3 Å². The van der Waals surface area contributed by atoms with Crippen LogP contribution in [0.3, 0.4) is 0 Å². The van der Waals surface area contributed by atoms with Crippen molar-refractivity contribution >= 4 is 11.5 Å². The van der Waals surface area contributed by atoms with Gasteiger partial charge in [-0.05, 0) is 52.3 Å². The van der Waals surface area contributed by atoms with Crippen LogP contribution in [0.5, 0.6) is 0 Å². The summed E-state index contributed by atoms with van der Waals surface area (Å²) in [4.78, 5) is 15.2. The van der Waals surface area contributed by atoms with Crippen LogP contribution >= 0.6 is 0 Å². The molecule has 0 aliphatic rings. The zero-order chi connectivity index (χ0) is 23.2. The first-order valence-electron chi connectivity index (χ1n) is 11.2. The molecule has 0 spiro atoms. The summed E-state index contributed by atoms with van der Waals surface area (Å²) in [5.41, 5.74) is 11.8. The Morgan fingerprint density at radius 1 is 0.767 bits per heavy atom. The van der Waals surface area contributed by atoms with E-state index in [1.807, 2.05) is 7.05 Å². The standard InChI is InChI=1S/C25H43N3O2/c1-13-18(27-29-11)23-19(14(2)3)21(16(6)7)24(25(26-10)28-30-12)22(17(8)9)20(23)15(4)5/h14-17H,13H2,1-12H3,(H,26,28)/b27-18+. The van der Waals surface area contributed by atoms with E-state index >= 15 is 0 Å². The van der Waals surface area contributed by atoms with Gasteiger partial charge in [-0.2, -0.15) is 0 Å². The lowest BCUT2D eigenvalue weighted by atomic mass is 9.72. The fourth-order valence-corrected chi connectivity index (χ4v) is 4.50. The predicted molar refractivity (Wildman–Crippen MR) is 129 cm³/mol. The van der Waals surface area contributed by atoms with Gasteiger partial charge in [0.25, 0.3) is 0 Å². The van der Waals surface area contributed by atoms with Crippen molar-refractivity contribution in [2.45, 2.75) is 92.4 Å². The lowest BCUT2D eigenvalue weighted by Crippen LogP contribution is -2.30. The number of benzene rings is 1. The molecule has 0 atom stereocenters. The molecule has 1 rings (SSSR count). The molecule has 1 N–H and O–H groups in total. The van der Waals surface area contributed by atoms with Crippen LogP contribution < -0.4 is 5.48 Å². The minimum Gasteiger partial charge on any atom is -0.399 e. The van der Waals surface area contributed by atoms with E-state index in [4.69, 9.17) is 9.68 Å². The van der Waals surface area contributed by atoms with Crippen molar-refractivity contribution in [2.24, 2.45) is 10.1 Å². The third-order valence-electron chi connectivity index (χ3n) is 5.45. The summed E-state index contributed by atoms with van der Waals surface area (Å²) in [6.45, 7) is 20.2. The molecule has 0 bridgehead atoms. The lowest BCUT2D eigenvalue weighted by molar-refractivity contribution is 0.144. The largest absolute Gasteiger partial charge is 0.399 e. The third-order valence-corrected chi connectivity index (χ3v) is 5.45. The highest BCUT2D eigenvalue weighted by molar-refractivity contribution is 6.08. The van der Waals surface area contributed by atoms with E-state index in [0.717, 1.165) is 18.0 Å². The fourth-order valence-electron chi connectivity index (χ4n) is 4.50. The normalized spacial score (nSPS) is 13.2. The Kier molecular flexibility index (Phi) is 10.0. The minimum atomic E-state index is 0.311. The Labute approximate surface area is 184 Å². The molecule has 0 heterocycles. The maximum absolute atomic E-state index is 5.33. The average Bonchev–Trinajstić information content (AvgIpc) is 2.67. The van der Waals surface area contributed by atoms with E-state index in [1.54, 1.807) is 14.2 Å². The van der Waals surface area contributed by atoms with Gasteiger partial charge in [0.05, 0.1) is 12.8 Å². The predicted octanol–water partition coefficient (Wildman–Crippen LogP) is 6.47. The molecule has 30 heavy (non-hydrogen) atoms. The second kappa shape index (κ2) is 11.5. The topological polar surface area (TPSA) is 55.2 Å². The summed E-state index contributed by atoms with van der Waals surface area (Å²) in [7, 11) is 5.08.